The van der Waals surface area contributed by atoms with Gasteiger partial charge in [-0.25, -0.2) is 0 Å². The van der Waals surface area contributed by atoms with Crippen LogP contribution in [0.3, 0.4) is 0 Å². The number of carbonyl (C=O) groups is 3. The van der Waals surface area contributed by atoms with Gasteiger partial charge in [0.1, 0.15) is 13.2 Å². The molecule has 0 fully saturated rings. The fraction of sp³-hybridized carbons (Fsp3) is 0.643. The summed E-state index contributed by atoms with van der Waals surface area (Å²) < 4.78 is 22.6. The van der Waals surface area contributed by atoms with E-state index in [0.717, 1.165) is 109 Å². The van der Waals surface area contributed by atoms with Crippen LogP contribution in [0.1, 0.15) is 232 Å². The van der Waals surface area contributed by atoms with E-state index in [1.54, 1.807) is 0 Å². The Bertz CT molecular complexity index is 1750. The molecule has 0 aromatic heterocycles. The van der Waals surface area contributed by atoms with Gasteiger partial charge in [-0.1, -0.05) is 244 Å². The molecule has 0 aliphatic heterocycles. The van der Waals surface area contributed by atoms with Gasteiger partial charge in [-0.2, -0.15) is 0 Å². The molecule has 0 aromatic carbocycles. The van der Waals surface area contributed by atoms with Gasteiger partial charge in [0.05, 0.1) is 40.3 Å². The zero-order chi connectivity index (χ0) is 57.6. The van der Waals surface area contributed by atoms with Crippen molar-refractivity contribution in [2.45, 2.75) is 245 Å². The third-order valence-corrected chi connectivity index (χ3v) is 12.9. The summed E-state index contributed by atoms with van der Waals surface area (Å²) in [7, 11) is 5.90. The highest BCUT2D eigenvalue weighted by molar-refractivity contribution is 5.70. The molecule has 0 amide bonds. The lowest BCUT2D eigenvalue weighted by molar-refractivity contribution is -0.870. The van der Waals surface area contributed by atoms with Crippen LogP contribution in [0.15, 0.2) is 134 Å². The van der Waals surface area contributed by atoms with Crippen LogP contribution in [0.4, 0.5) is 0 Å². The van der Waals surface area contributed by atoms with E-state index < -0.39 is 24.3 Å². The van der Waals surface area contributed by atoms with Crippen molar-refractivity contribution in [3.05, 3.63) is 134 Å². The first-order valence-electron chi connectivity index (χ1n) is 31.3. The number of likely N-dealkylation sites (N-methyl/N-ethyl adjacent to an activating group) is 1. The van der Waals surface area contributed by atoms with Crippen molar-refractivity contribution in [3.8, 4) is 0 Å². The number of carboxylic acid groups (broad SMARTS) is 1. The van der Waals surface area contributed by atoms with E-state index in [2.05, 4.69) is 148 Å². The van der Waals surface area contributed by atoms with E-state index in [1.807, 2.05) is 21.1 Å². The molecule has 0 aliphatic carbocycles. The van der Waals surface area contributed by atoms with Crippen LogP contribution in [-0.2, 0) is 33.3 Å². The second-order valence-electron chi connectivity index (χ2n) is 21.6. The molecule has 0 radical (unpaired) electrons. The Morgan fingerprint density at radius 2 is 0.684 bits per heavy atom. The maximum absolute atomic E-state index is 12.9. The summed E-state index contributed by atoms with van der Waals surface area (Å²) in [5.74, 6) is -2.33. The van der Waals surface area contributed by atoms with Crippen molar-refractivity contribution >= 4 is 17.9 Å². The second kappa shape index (κ2) is 59.5. The number of aliphatic carboxylic acids is 1. The smallest absolute Gasteiger partial charge is 0.306 e. The fourth-order valence-corrected chi connectivity index (χ4v) is 8.15. The van der Waals surface area contributed by atoms with E-state index in [-0.39, 0.29) is 38.6 Å². The first kappa shape index (κ1) is 74.4. The molecule has 9 nitrogen and oxygen atoms in total. The molecule has 0 N–H and O–H groups in total. The van der Waals surface area contributed by atoms with Crippen molar-refractivity contribution in [2.75, 3.05) is 47.5 Å². The lowest BCUT2D eigenvalue weighted by Gasteiger charge is -2.26. The normalized spacial score (nSPS) is 13.7. The molecule has 0 aliphatic rings. The summed E-state index contributed by atoms with van der Waals surface area (Å²) in [6.07, 6.45) is 82.5. The molecule has 448 valence electrons. The van der Waals surface area contributed by atoms with Crippen LogP contribution in [-0.4, -0.2) is 82.3 Å². The van der Waals surface area contributed by atoms with E-state index >= 15 is 0 Å². The summed E-state index contributed by atoms with van der Waals surface area (Å²) >= 11 is 0. The van der Waals surface area contributed by atoms with Crippen LogP contribution < -0.4 is 5.11 Å². The highest BCUT2D eigenvalue weighted by Gasteiger charge is 2.22. The summed E-state index contributed by atoms with van der Waals surface area (Å²) in [4.78, 5) is 37.2. The fourth-order valence-electron chi connectivity index (χ4n) is 8.15. The highest BCUT2D eigenvalue weighted by Crippen LogP contribution is 2.16. The van der Waals surface area contributed by atoms with Crippen molar-refractivity contribution in [1.82, 2.24) is 0 Å². The summed E-state index contributed by atoms with van der Waals surface area (Å²) in [6, 6.07) is 0. The van der Waals surface area contributed by atoms with Crippen molar-refractivity contribution in [1.29, 1.82) is 0 Å². The van der Waals surface area contributed by atoms with Crippen LogP contribution in [0.25, 0.3) is 0 Å². The molecule has 0 aromatic rings. The Balaban J connectivity index is 4.05. The number of hydrogen-bond acceptors (Lipinski definition) is 8. The lowest BCUT2D eigenvalue weighted by atomic mass is 10.0. The number of nitrogens with zero attached hydrogens (tertiary/aromatic N) is 1. The molecule has 2 unspecified atom stereocenters. The molecule has 2 atom stereocenters. The van der Waals surface area contributed by atoms with Gasteiger partial charge in [-0.05, 0) is 109 Å². The number of ether oxygens (including phenoxy) is 4. The van der Waals surface area contributed by atoms with Crippen LogP contribution in [0.2, 0.25) is 0 Å². The average Bonchev–Trinajstić information content (AvgIpc) is 3.42. The highest BCUT2D eigenvalue weighted by atomic mass is 16.7. The number of esters is 2. The van der Waals surface area contributed by atoms with Crippen LogP contribution >= 0.6 is 0 Å². The topological polar surface area (TPSA) is 111 Å². The number of allylic oxidation sites excluding steroid dienone is 22. The van der Waals surface area contributed by atoms with Gasteiger partial charge < -0.3 is 33.3 Å². The van der Waals surface area contributed by atoms with E-state index in [9.17, 15) is 19.5 Å². The number of hydrogen-bond donors (Lipinski definition) is 0. The third kappa shape index (κ3) is 60.9. The van der Waals surface area contributed by atoms with Gasteiger partial charge in [0.2, 0.25) is 0 Å². The first-order valence-corrected chi connectivity index (χ1v) is 31.3. The molecule has 9 heteroatoms. The van der Waals surface area contributed by atoms with Gasteiger partial charge in [0, 0.05) is 12.8 Å². The summed E-state index contributed by atoms with van der Waals surface area (Å²) in [6.45, 7) is 4.47. The zero-order valence-corrected chi connectivity index (χ0v) is 50.9. The molecular formula is C70H115NO8. The van der Waals surface area contributed by atoms with Crippen LogP contribution in [0, 0.1) is 0 Å². The Labute approximate surface area is 484 Å². The second-order valence-corrected chi connectivity index (χ2v) is 21.6. The van der Waals surface area contributed by atoms with Crippen molar-refractivity contribution in [3.63, 3.8) is 0 Å². The summed E-state index contributed by atoms with van der Waals surface area (Å²) in [5, 5.41) is 11.8. The predicted molar refractivity (Wildman–Crippen MR) is 333 cm³/mol. The SMILES string of the molecule is CC/C=C\C/C=C\C/C=C\C/C=C\C/C=C\C/C=C\C/C=C\C/C=C\CCCCCCCCCCCCCCCCCCC(=O)OC(COC(=O)CCCCC/C=C\C/C=C\C/C=C\CC)COC(OCC[N+](C)(C)C)C(=O)[O-]. The first-order chi connectivity index (χ1) is 38.6. The Hall–Kier alpha value is -4.57. The Morgan fingerprint density at radius 3 is 1.03 bits per heavy atom. The van der Waals surface area contributed by atoms with Crippen LogP contribution in [0.5, 0.6) is 0 Å². The number of rotatable bonds is 56. The molecular weight excluding hydrogens is 983 g/mol. The number of carbonyl (C=O) groups excluding carboxylic acids is 3. The lowest BCUT2D eigenvalue weighted by Crippen LogP contribution is -2.44. The van der Waals surface area contributed by atoms with Gasteiger partial charge in [0.15, 0.2) is 12.4 Å². The van der Waals surface area contributed by atoms with Crippen molar-refractivity contribution in [2.24, 2.45) is 0 Å². The molecule has 0 saturated heterocycles. The molecule has 0 heterocycles. The zero-order valence-electron chi connectivity index (χ0n) is 50.9. The Kier molecular flexibility index (Phi) is 56.1. The Morgan fingerprint density at radius 1 is 0.380 bits per heavy atom. The van der Waals surface area contributed by atoms with Gasteiger partial charge >= 0.3 is 11.9 Å². The summed E-state index contributed by atoms with van der Waals surface area (Å²) in [5.41, 5.74) is 0. The minimum absolute atomic E-state index is 0.138. The molecule has 0 rings (SSSR count). The molecule has 0 spiro atoms. The van der Waals surface area contributed by atoms with Gasteiger partial charge in [-0.15, -0.1) is 0 Å². The quantitative estimate of drug-likeness (QED) is 0.0195. The maximum atomic E-state index is 12.9. The van der Waals surface area contributed by atoms with Gasteiger partial charge in [-0.3, -0.25) is 9.59 Å². The number of unbranched alkanes of at least 4 members (excludes halogenated alkanes) is 19. The molecule has 79 heavy (non-hydrogen) atoms. The van der Waals surface area contributed by atoms with Crippen molar-refractivity contribution < 1.29 is 42.9 Å². The minimum atomic E-state index is -1.63. The molecule has 0 saturated carbocycles. The maximum Gasteiger partial charge on any atom is 0.306 e. The largest absolute Gasteiger partial charge is 0.545 e. The minimum Gasteiger partial charge on any atom is -0.545 e. The van der Waals surface area contributed by atoms with E-state index in [0.29, 0.717) is 23.9 Å². The standard InChI is InChI=1S/C70H115NO8/c1-6-8-10-12-14-16-18-20-21-22-23-24-25-26-27-28-29-30-31-32-33-34-35-36-37-38-39-40-41-42-43-44-45-46-47-49-51-53-55-57-59-61-68(73)79-66(65-78-70(69(74)75)76-63-62-71(3,4)5)64-77-67(72)60-58-56-54-52-50-48-19-17-15-13-11-9-7-2/h8-11,14-17,20-21,23-24,26-27,29-30,32-33,35-36,48,50,66,70H,6-7,12-13,18-19,22,25,28,31,34,37-47,49,51-65H2,1-5H3/b10-8-,11-9-,16-14-,17-15-,21-20-,24-23-,27-26-,30-29-,33-32-,36-35-,50-48-. The van der Waals surface area contributed by atoms with E-state index in [4.69, 9.17) is 18.9 Å². The third-order valence-electron chi connectivity index (χ3n) is 12.9. The number of carboxylic acids is 1. The molecule has 0 bridgehead atoms. The monoisotopic (exact) mass is 1100 g/mol. The predicted octanol–water partition coefficient (Wildman–Crippen LogP) is 17.7. The van der Waals surface area contributed by atoms with E-state index in [1.165, 1.54) is 83.5 Å². The average molecular weight is 1100 g/mol. The number of quaternary nitrogens is 1. The van der Waals surface area contributed by atoms with Gasteiger partial charge in [0.25, 0.3) is 0 Å².